The molecule has 5 nitrogen and oxygen atoms in total. The molecule has 1 rings (SSSR count). The molecule has 0 aromatic rings. The molecule has 0 bridgehead atoms. The van der Waals surface area contributed by atoms with Gasteiger partial charge in [-0.25, -0.2) is 0 Å². The first kappa shape index (κ1) is 14.0. The van der Waals surface area contributed by atoms with Crippen LogP contribution in [0.3, 0.4) is 0 Å². The van der Waals surface area contributed by atoms with Crippen LogP contribution in [0.4, 0.5) is 0 Å². The molecule has 0 saturated heterocycles. The summed E-state index contributed by atoms with van der Waals surface area (Å²) in [6, 6.07) is -0.450. The number of nitrogens with one attached hydrogen (secondary N) is 2. The van der Waals surface area contributed by atoms with Gasteiger partial charge in [0.15, 0.2) is 0 Å². The second-order valence-electron chi connectivity index (χ2n) is 5.09. The van der Waals surface area contributed by atoms with Gasteiger partial charge in [0.05, 0.1) is 6.04 Å². The Kier molecular flexibility index (Phi) is 5.41. The van der Waals surface area contributed by atoms with E-state index in [0.717, 1.165) is 12.8 Å². The number of hydrogen-bond acceptors (Lipinski definition) is 3. The van der Waals surface area contributed by atoms with Gasteiger partial charge in [0.25, 0.3) is 0 Å². The zero-order valence-corrected chi connectivity index (χ0v) is 10.7. The Bertz CT molecular complexity index is 275. The molecular weight excluding hydrogens is 218 g/mol. The smallest absolute Gasteiger partial charge is 0.236 e. The van der Waals surface area contributed by atoms with E-state index in [1.54, 1.807) is 0 Å². The lowest BCUT2D eigenvalue weighted by Gasteiger charge is -2.14. The Morgan fingerprint density at radius 1 is 1.24 bits per heavy atom. The van der Waals surface area contributed by atoms with Gasteiger partial charge in [-0.15, -0.1) is 0 Å². The van der Waals surface area contributed by atoms with Crippen molar-refractivity contribution in [3.05, 3.63) is 0 Å². The molecule has 0 aromatic carbocycles. The van der Waals surface area contributed by atoms with Gasteiger partial charge in [0.1, 0.15) is 0 Å². The van der Waals surface area contributed by atoms with Crippen molar-refractivity contribution in [1.82, 2.24) is 10.6 Å². The van der Waals surface area contributed by atoms with Gasteiger partial charge in [-0.2, -0.15) is 0 Å². The zero-order valence-electron chi connectivity index (χ0n) is 10.7. The van der Waals surface area contributed by atoms with Gasteiger partial charge >= 0.3 is 0 Å². The minimum absolute atomic E-state index is 0.103. The predicted octanol–water partition coefficient (Wildman–Crippen LogP) is 0.00220. The Balaban J connectivity index is 2.04. The standard InChI is InChI=1S/C12H23N3O2/c1-8(2)7-10(13)12(17)15-6-5-14-11(16)9-3-4-9/h8-10H,3-7,13H2,1-2H3,(H,14,16)(H,15,17). The predicted molar refractivity (Wildman–Crippen MR) is 66.2 cm³/mol. The van der Waals surface area contributed by atoms with E-state index in [9.17, 15) is 9.59 Å². The van der Waals surface area contributed by atoms with Crippen LogP contribution in [0.2, 0.25) is 0 Å². The molecule has 98 valence electrons. The van der Waals surface area contributed by atoms with Crippen LogP contribution < -0.4 is 16.4 Å². The Labute approximate surface area is 103 Å². The Morgan fingerprint density at radius 2 is 1.82 bits per heavy atom. The minimum atomic E-state index is -0.450. The van der Waals surface area contributed by atoms with Gasteiger partial charge in [-0.1, -0.05) is 13.8 Å². The first-order valence-corrected chi connectivity index (χ1v) is 6.31. The number of rotatable bonds is 7. The molecule has 0 aromatic heterocycles. The molecule has 1 saturated carbocycles. The average Bonchev–Trinajstić information content (AvgIpc) is 3.06. The fourth-order valence-corrected chi connectivity index (χ4v) is 1.61. The number of carbonyl (C=O) groups excluding carboxylic acids is 2. The van der Waals surface area contributed by atoms with Gasteiger partial charge in [-0.05, 0) is 25.2 Å². The summed E-state index contributed by atoms with van der Waals surface area (Å²) in [5.74, 6) is 0.587. The largest absolute Gasteiger partial charge is 0.354 e. The van der Waals surface area contributed by atoms with Crippen LogP contribution in [-0.4, -0.2) is 30.9 Å². The third kappa shape index (κ3) is 5.68. The second-order valence-corrected chi connectivity index (χ2v) is 5.09. The molecule has 0 heterocycles. The topological polar surface area (TPSA) is 84.2 Å². The van der Waals surface area contributed by atoms with E-state index in [1.807, 2.05) is 13.8 Å². The first-order valence-electron chi connectivity index (χ1n) is 6.31. The van der Waals surface area contributed by atoms with Crippen molar-refractivity contribution in [3.8, 4) is 0 Å². The third-order valence-electron chi connectivity index (χ3n) is 2.73. The fourth-order valence-electron chi connectivity index (χ4n) is 1.61. The Morgan fingerprint density at radius 3 is 2.35 bits per heavy atom. The maximum absolute atomic E-state index is 11.5. The monoisotopic (exact) mass is 241 g/mol. The van der Waals surface area contributed by atoms with Crippen molar-refractivity contribution >= 4 is 11.8 Å². The van der Waals surface area contributed by atoms with E-state index in [-0.39, 0.29) is 17.7 Å². The molecule has 2 amide bonds. The summed E-state index contributed by atoms with van der Waals surface area (Å²) in [7, 11) is 0. The van der Waals surface area contributed by atoms with Crippen molar-refractivity contribution in [2.24, 2.45) is 17.6 Å². The number of hydrogen-bond donors (Lipinski definition) is 3. The molecule has 1 atom stereocenters. The maximum Gasteiger partial charge on any atom is 0.236 e. The van der Waals surface area contributed by atoms with Gasteiger partial charge in [0.2, 0.25) is 11.8 Å². The maximum atomic E-state index is 11.5. The van der Waals surface area contributed by atoms with Crippen molar-refractivity contribution in [3.63, 3.8) is 0 Å². The zero-order chi connectivity index (χ0) is 12.8. The van der Waals surface area contributed by atoms with E-state index < -0.39 is 6.04 Å². The third-order valence-corrected chi connectivity index (χ3v) is 2.73. The highest BCUT2D eigenvalue weighted by atomic mass is 16.2. The molecule has 1 unspecified atom stereocenters. The molecule has 4 N–H and O–H groups in total. The molecule has 5 heteroatoms. The van der Waals surface area contributed by atoms with Crippen LogP contribution in [0.1, 0.15) is 33.1 Å². The van der Waals surface area contributed by atoms with E-state index in [1.165, 1.54) is 0 Å². The molecule has 0 radical (unpaired) electrons. The van der Waals surface area contributed by atoms with Crippen LogP contribution in [0.25, 0.3) is 0 Å². The first-order chi connectivity index (χ1) is 8.00. The molecule has 17 heavy (non-hydrogen) atoms. The van der Waals surface area contributed by atoms with Crippen molar-refractivity contribution in [2.45, 2.75) is 39.2 Å². The summed E-state index contributed by atoms with van der Waals surface area (Å²) in [5.41, 5.74) is 5.72. The molecular formula is C12H23N3O2. The second kappa shape index (κ2) is 6.59. The van der Waals surface area contributed by atoms with E-state index in [0.29, 0.717) is 25.4 Å². The number of nitrogens with two attached hydrogens (primary N) is 1. The number of amides is 2. The summed E-state index contributed by atoms with van der Waals surface area (Å²) in [6.45, 7) is 4.99. The average molecular weight is 241 g/mol. The lowest BCUT2D eigenvalue weighted by molar-refractivity contribution is -0.124. The van der Waals surface area contributed by atoms with Gasteiger partial charge < -0.3 is 16.4 Å². The van der Waals surface area contributed by atoms with Crippen LogP contribution in [0, 0.1) is 11.8 Å². The lowest BCUT2D eigenvalue weighted by atomic mass is 10.0. The highest BCUT2D eigenvalue weighted by Gasteiger charge is 2.29. The SMILES string of the molecule is CC(C)CC(N)C(=O)NCCNC(=O)C1CC1. The summed E-state index contributed by atoms with van der Waals surface area (Å²) in [5, 5.41) is 5.51. The van der Waals surface area contributed by atoms with E-state index >= 15 is 0 Å². The molecule has 0 spiro atoms. The normalized spacial score (nSPS) is 16.7. The van der Waals surface area contributed by atoms with E-state index in [2.05, 4.69) is 10.6 Å². The van der Waals surface area contributed by atoms with Gasteiger partial charge in [0, 0.05) is 19.0 Å². The van der Waals surface area contributed by atoms with Crippen LogP contribution in [-0.2, 0) is 9.59 Å². The summed E-state index contributed by atoms with van der Waals surface area (Å²) in [6.07, 6.45) is 2.68. The summed E-state index contributed by atoms with van der Waals surface area (Å²) >= 11 is 0. The highest BCUT2D eigenvalue weighted by molar-refractivity contribution is 5.82. The summed E-state index contributed by atoms with van der Waals surface area (Å²) in [4.78, 5) is 22.8. The Hall–Kier alpha value is -1.10. The van der Waals surface area contributed by atoms with Crippen molar-refractivity contribution in [2.75, 3.05) is 13.1 Å². The number of carbonyl (C=O) groups is 2. The quantitative estimate of drug-likeness (QED) is 0.549. The van der Waals surface area contributed by atoms with Crippen LogP contribution in [0.15, 0.2) is 0 Å². The lowest BCUT2D eigenvalue weighted by Crippen LogP contribution is -2.44. The molecule has 1 fully saturated rings. The minimum Gasteiger partial charge on any atom is -0.354 e. The van der Waals surface area contributed by atoms with Gasteiger partial charge in [-0.3, -0.25) is 9.59 Å². The summed E-state index contributed by atoms with van der Waals surface area (Å²) < 4.78 is 0. The van der Waals surface area contributed by atoms with Crippen LogP contribution >= 0.6 is 0 Å². The van der Waals surface area contributed by atoms with Crippen molar-refractivity contribution in [1.29, 1.82) is 0 Å². The highest BCUT2D eigenvalue weighted by Crippen LogP contribution is 2.28. The fraction of sp³-hybridized carbons (Fsp3) is 0.833. The molecule has 0 aliphatic heterocycles. The molecule has 1 aliphatic carbocycles. The molecule has 1 aliphatic rings. The van der Waals surface area contributed by atoms with Crippen LogP contribution in [0.5, 0.6) is 0 Å². The van der Waals surface area contributed by atoms with E-state index in [4.69, 9.17) is 5.73 Å². The van der Waals surface area contributed by atoms with Crippen molar-refractivity contribution < 1.29 is 9.59 Å².